The van der Waals surface area contributed by atoms with E-state index in [4.69, 9.17) is 8.92 Å². The van der Waals surface area contributed by atoms with Crippen LogP contribution in [0.5, 0.6) is 5.75 Å². The van der Waals surface area contributed by atoms with Crippen LogP contribution in [0.3, 0.4) is 0 Å². The Labute approximate surface area is 187 Å². The minimum absolute atomic E-state index is 0. The molecule has 2 rings (SSSR count). The summed E-state index contributed by atoms with van der Waals surface area (Å²) in [4.78, 5) is 11.0. The molecule has 2 aromatic rings. The van der Waals surface area contributed by atoms with Crippen LogP contribution in [0.15, 0.2) is 48.5 Å². The largest absolute Gasteiger partial charge is 2.00 e. The van der Waals surface area contributed by atoms with E-state index in [1.165, 1.54) is 0 Å². The van der Waals surface area contributed by atoms with Crippen LogP contribution in [0.1, 0.15) is 18.1 Å². The summed E-state index contributed by atoms with van der Waals surface area (Å²) in [5, 5.41) is 14.3. The van der Waals surface area contributed by atoms with E-state index in [0.29, 0.717) is 13.2 Å². The molecule has 0 unspecified atom stereocenters. The summed E-state index contributed by atoms with van der Waals surface area (Å²) < 4.78 is 32.2. The molecule has 9 heteroatoms. The van der Waals surface area contributed by atoms with Gasteiger partial charge in [0.2, 0.25) is 0 Å². The van der Waals surface area contributed by atoms with Gasteiger partial charge >= 0.3 is 33.2 Å². The van der Waals surface area contributed by atoms with E-state index in [0.717, 1.165) is 29.5 Å². The van der Waals surface area contributed by atoms with Crippen molar-refractivity contribution in [3.8, 4) is 5.75 Å². The standard InChI is InChI=1S/C20H25NO6S.Mg/c1-3-26-19(20(22)23)14-16-4-8-17(9-5-16)21-13-12-15-6-10-18(11-7-15)27-28(2,24)25;/h4-11,19,21H,3,12-14H2,1-2H3,(H,22,23);/q;+2/p-1/t19-;/m0./s1. The first-order valence-electron chi connectivity index (χ1n) is 8.90. The van der Waals surface area contributed by atoms with E-state index in [1.807, 2.05) is 36.4 Å². The second-order valence-electron chi connectivity index (χ2n) is 6.27. The van der Waals surface area contributed by atoms with Crippen molar-refractivity contribution in [3.63, 3.8) is 0 Å². The van der Waals surface area contributed by atoms with Gasteiger partial charge in [0.25, 0.3) is 0 Å². The van der Waals surface area contributed by atoms with Crippen molar-refractivity contribution in [1.82, 2.24) is 0 Å². The topological polar surface area (TPSA) is 105 Å². The Hall–Kier alpha value is -1.81. The van der Waals surface area contributed by atoms with E-state index in [1.54, 1.807) is 19.1 Å². The normalized spacial score (nSPS) is 11.9. The zero-order valence-electron chi connectivity index (χ0n) is 16.6. The van der Waals surface area contributed by atoms with Gasteiger partial charge in [0.15, 0.2) is 0 Å². The minimum atomic E-state index is -3.52. The molecule has 0 aromatic heterocycles. The number of benzene rings is 2. The monoisotopic (exact) mass is 430 g/mol. The summed E-state index contributed by atoms with van der Waals surface area (Å²) in [5.74, 6) is -0.922. The van der Waals surface area contributed by atoms with Gasteiger partial charge in [0, 0.05) is 25.3 Å². The molecule has 0 heterocycles. The molecule has 0 aliphatic rings. The Morgan fingerprint density at radius 3 is 2.17 bits per heavy atom. The molecule has 1 atom stereocenters. The molecule has 1 N–H and O–H groups in total. The smallest absolute Gasteiger partial charge is 0.547 e. The SMILES string of the molecule is CCO[C@@H](Cc1ccc(NCCc2ccc(OS(C)(=O)=O)cc2)cc1)C(=O)[O-].[Mg+2]. The molecule has 0 spiro atoms. The number of anilines is 1. The van der Waals surface area contributed by atoms with Gasteiger partial charge in [0.1, 0.15) is 11.9 Å². The van der Waals surface area contributed by atoms with Crippen LogP contribution in [0.2, 0.25) is 0 Å². The molecular weight excluding hydrogens is 407 g/mol. The molecule has 0 fully saturated rings. The van der Waals surface area contributed by atoms with Crippen LogP contribution in [-0.2, 0) is 32.5 Å². The quantitative estimate of drug-likeness (QED) is 0.419. The van der Waals surface area contributed by atoms with Gasteiger partial charge < -0.3 is 24.1 Å². The van der Waals surface area contributed by atoms with Crippen LogP contribution in [0.4, 0.5) is 5.69 Å². The van der Waals surface area contributed by atoms with E-state index < -0.39 is 22.2 Å². The third kappa shape index (κ3) is 9.49. The van der Waals surface area contributed by atoms with Crippen molar-refractivity contribution in [3.05, 3.63) is 59.7 Å². The number of hydrogen-bond donors (Lipinski definition) is 1. The van der Waals surface area contributed by atoms with Gasteiger partial charge in [-0.25, -0.2) is 0 Å². The molecular formula is C20H24MgNO6S+. The average Bonchev–Trinajstić information content (AvgIpc) is 2.63. The van der Waals surface area contributed by atoms with Crippen molar-refractivity contribution >= 4 is 44.8 Å². The Kier molecular flexibility index (Phi) is 10.4. The molecule has 0 amide bonds. The number of hydrogen-bond acceptors (Lipinski definition) is 7. The second kappa shape index (κ2) is 12.0. The van der Waals surface area contributed by atoms with Crippen molar-refractivity contribution in [2.75, 3.05) is 24.7 Å². The number of ether oxygens (including phenoxy) is 1. The number of carboxylic acids is 1. The van der Waals surface area contributed by atoms with Gasteiger partial charge in [-0.2, -0.15) is 8.42 Å². The fourth-order valence-corrected chi connectivity index (χ4v) is 3.08. The third-order valence-corrected chi connectivity index (χ3v) is 4.41. The molecule has 0 aliphatic heterocycles. The van der Waals surface area contributed by atoms with Crippen molar-refractivity contribution in [2.45, 2.75) is 25.9 Å². The fourth-order valence-electron chi connectivity index (χ4n) is 2.62. The van der Waals surface area contributed by atoms with E-state index in [9.17, 15) is 18.3 Å². The fraction of sp³-hybridized carbons (Fsp3) is 0.350. The Balaban J connectivity index is 0.00000420. The predicted octanol–water partition coefficient (Wildman–Crippen LogP) is 0.996. The Morgan fingerprint density at radius 1 is 1.07 bits per heavy atom. The van der Waals surface area contributed by atoms with Crippen LogP contribution >= 0.6 is 0 Å². The van der Waals surface area contributed by atoms with Crippen molar-refractivity contribution in [1.29, 1.82) is 0 Å². The predicted molar refractivity (Wildman–Crippen MR) is 110 cm³/mol. The zero-order chi connectivity index (χ0) is 20.6. The van der Waals surface area contributed by atoms with E-state index >= 15 is 0 Å². The first-order chi connectivity index (χ1) is 13.3. The second-order valence-corrected chi connectivity index (χ2v) is 7.85. The summed E-state index contributed by atoms with van der Waals surface area (Å²) in [6, 6.07) is 14.4. The molecule has 7 nitrogen and oxygen atoms in total. The minimum Gasteiger partial charge on any atom is -0.547 e. The van der Waals surface area contributed by atoms with Crippen LogP contribution in [0, 0.1) is 0 Å². The molecule has 152 valence electrons. The molecule has 0 aliphatic carbocycles. The Morgan fingerprint density at radius 2 is 1.66 bits per heavy atom. The van der Waals surface area contributed by atoms with Crippen LogP contribution < -0.4 is 14.6 Å². The van der Waals surface area contributed by atoms with E-state index in [2.05, 4.69) is 5.32 Å². The number of aliphatic carboxylic acids is 1. The van der Waals surface area contributed by atoms with Gasteiger partial charge in [-0.05, 0) is 48.7 Å². The van der Waals surface area contributed by atoms with Gasteiger partial charge in [0.05, 0.1) is 12.2 Å². The number of nitrogens with one attached hydrogen (secondary N) is 1. The maximum absolute atomic E-state index is 11.1. The number of carbonyl (C=O) groups excluding carboxylic acids is 1. The first kappa shape index (κ1) is 25.2. The zero-order valence-corrected chi connectivity index (χ0v) is 18.8. The third-order valence-electron chi connectivity index (χ3n) is 3.92. The van der Waals surface area contributed by atoms with Gasteiger partial charge in [-0.3, -0.25) is 0 Å². The molecule has 29 heavy (non-hydrogen) atoms. The summed E-state index contributed by atoms with van der Waals surface area (Å²) in [6.45, 7) is 2.75. The first-order valence-corrected chi connectivity index (χ1v) is 10.7. The van der Waals surface area contributed by atoms with Crippen molar-refractivity contribution < 1.29 is 27.2 Å². The molecule has 2 aromatic carbocycles. The summed E-state index contributed by atoms with van der Waals surface area (Å²) in [6.07, 6.45) is 1.07. The number of carboxylic acid groups (broad SMARTS) is 1. The summed E-state index contributed by atoms with van der Waals surface area (Å²) >= 11 is 0. The Bertz CT molecular complexity index is 869. The van der Waals surface area contributed by atoms with Gasteiger partial charge in [-0.1, -0.05) is 24.3 Å². The maximum Gasteiger partial charge on any atom is 2.00 e. The number of carbonyl (C=O) groups is 1. The van der Waals surface area contributed by atoms with Gasteiger partial charge in [-0.15, -0.1) is 0 Å². The van der Waals surface area contributed by atoms with Crippen LogP contribution in [0.25, 0.3) is 0 Å². The molecule has 0 bridgehead atoms. The maximum atomic E-state index is 11.1. The van der Waals surface area contributed by atoms with Crippen LogP contribution in [-0.4, -0.2) is 63.0 Å². The molecule has 0 radical (unpaired) electrons. The molecule has 0 saturated carbocycles. The summed E-state index contributed by atoms with van der Waals surface area (Å²) in [7, 11) is -3.52. The summed E-state index contributed by atoms with van der Waals surface area (Å²) in [5.41, 5.74) is 2.82. The van der Waals surface area contributed by atoms with Crippen molar-refractivity contribution in [2.24, 2.45) is 0 Å². The average molecular weight is 431 g/mol. The molecule has 0 saturated heterocycles. The number of rotatable bonds is 11. The van der Waals surface area contributed by atoms with E-state index in [-0.39, 0.29) is 35.2 Å².